The van der Waals surface area contributed by atoms with Crippen LogP contribution in [0, 0.1) is 22.7 Å². The van der Waals surface area contributed by atoms with Gasteiger partial charge in [0.05, 0.1) is 18.8 Å². The van der Waals surface area contributed by atoms with Crippen LogP contribution in [0.25, 0.3) is 0 Å². The first-order chi connectivity index (χ1) is 20.9. The van der Waals surface area contributed by atoms with Gasteiger partial charge in [0, 0.05) is 10.8 Å². The lowest BCUT2D eigenvalue weighted by Crippen LogP contribution is -2.60. The van der Waals surface area contributed by atoms with E-state index in [0.29, 0.717) is 12.3 Å². The molecule has 270 valence electrons. The van der Waals surface area contributed by atoms with Gasteiger partial charge < -0.3 is 18.4 Å². The lowest BCUT2D eigenvalue weighted by molar-refractivity contribution is -0.156. The molecule has 0 aromatic carbocycles. The Morgan fingerprint density at radius 3 is 1.83 bits per heavy atom. The second kappa shape index (κ2) is 12.1. The van der Waals surface area contributed by atoms with E-state index in [-0.39, 0.29) is 51.0 Å². The zero-order valence-corrected chi connectivity index (χ0v) is 36.5. The largest absolute Gasteiger partial charge is 0.414 e. The summed E-state index contributed by atoms with van der Waals surface area (Å²) >= 11 is 0. The van der Waals surface area contributed by atoms with Crippen LogP contribution in [0.5, 0.6) is 0 Å². The van der Waals surface area contributed by atoms with Gasteiger partial charge in [0.15, 0.2) is 30.7 Å². The van der Waals surface area contributed by atoms with Crippen molar-refractivity contribution in [2.75, 3.05) is 6.61 Å². The Labute approximate surface area is 292 Å². The molecule has 5 nitrogen and oxygen atoms in total. The number of aliphatic hydroxyl groups is 1. The van der Waals surface area contributed by atoms with Crippen LogP contribution >= 0.6 is 0 Å². The van der Waals surface area contributed by atoms with Gasteiger partial charge >= 0.3 is 0 Å². The second-order valence-electron chi connectivity index (χ2n) is 20.9. The molecule has 0 aromatic heterocycles. The van der Waals surface area contributed by atoms with E-state index in [1.54, 1.807) is 0 Å². The van der Waals surface area contributed by atoms with Crippen molar-refractivity contribution >= 4 is 30.7 Å². The van der Waals surface area contributed by atoms with E-state index in [0.717, 1.165) is 32.1 Å². The zero-order valence-electron chi connectivity index (χ0n) is 33.5. The molecule has 0 spiro atoms. The van der Waals surface area contributed by atoms with E-state index in [1.807, 2.05) is 0 Å². The van der Waals surface area contributed by atoms with Gasteiger partial charge in [-0.15, -0.1) is 0 Å². The molecular weight excluding hydrogens is 633 g/mol. The average molecular weight is 705 g/mol. The van der Waals surface area contributed by atoms with Gasteiger partial charge in [-0.1, -0.05) is 99.5 Å². The Hall–Kier alpha value is -0.359. The molecule has 0 heterocycles. The lowest BCUT2D eigenvalue weighted by atomic mass is 9.49. The monoisotopic (exact) mass is 704 g/mol. The number of hydrogen-bond donors (Lipinski definition) is 1. The van der Waals surface area contributed by atoms with E-state index in [1.165, 1.54) is 11.1 Å². The zero-order chi connectivity index (χ0) is 36.0. The molecule has 0 saturated heterocycles. The molecule has 0 radical (unpaired) electrons. The van der Waals surface area contributed by atoms with Crippen LogP contribution in [-0.4, -0.2) is 60.3 Å². The Bertz CT molecular complexity index is 1280. The van der Waals surface area contributed by atoms with Crippen LogP contribution < -0.4 is 0 Å². The molecule has 8 heteroatoms. The highest BCUT2D eigenvalue weighted by Crippen LogP contribution is 2.67. The number of carbonyl (C=O) groups is 1. The minimum absolute atomic E-state index is 0.0115. The van der Waals surface area contributed by atoms with Crippen molar-refractivity contribution in [2.24, 2.45) is 22.7 Å². The van der Waals surface area contributed by atoms with Crippen molar-refractivity contribution in [3.63, 3.8) is 0 Å². The van der Waals surface area contributed by atoms with Crippen LogP contribution in [0.1, 0.15) is 115 Å². The maximum atomic E-state index is 14.0. The lowest BCUT2D eigenvalue weighted by Gasteiger charge is -2.59. The molecule has 0 amide bonds. The quantitative estimate of drug-likeness (QED) is 0.255. The van der Waals surface area contributed by atoms with Crippen LogP contribution in [0.4, 0.5) is 0 Å². The fourth-order valence-corrected chi connectivity index (χ4v) is 12.1. The second-order valence-corrected chi connectivity index (χ2v) is 35.2. The smallest absolute Gasteiger partial charge is 0.192 e. The van der Waals surface area contributed by atoms with Gasteiger partial charge in [-0.3, -0.25) is 4.79 Å². The summed E-state index contributed by atoms with van der Waals surface area (Å²) in [5, 5.41) is 12.6. The first-order valence-electron chi connectivity index (χ1n) is 18.6. The fraction of sp³-hybridized carbons (Fsp3) is 0.872. The molecule has 47 heavy (non-hydrogen) atoms. The van der Waals surface area contributed by atoms with Gasteiger partial charge in [0.25, 0.3) is 0 Å². The molecule has 3 fully saturated rings. The summed E-state index contributed by atoms with van der Waals surface area (Å²) in [7, 11) is -6.19. The Kier molecular flexibility index (Phi) is 10.2. The molecule has 3 saturated carbocycles. The topological polar surface area (TPSA) is 65.0 Å². The van der Waals surface area contributed by atoms with Crippen molar-refractivity contribution in [3.05, 3.63) is 23.3 Å². The molecule has 7 atom stereocenters. The predicted octanol–water partition coefficient (Wildman–Crippen LogP) is 10.6. The van der Waals surface area contributed by atoms with Gasteiger partial charge in [-0.25, -0.2) is 0 Å². The summed E-state index contributed by atoms with van der Waals surface area (Å²) in [6, 6.07) is 0. The van der Waals surface area contributed by atoms with Crippen LogP contribution in [0.3, 0.4) is 0 Å². The van der Waals surface area contributed by atoms with E-state index < -0.39 is 36.0 Å². The predicted molar refractivity (Wildman–Crippen MR) is 204 cm³/mol. The number of rotatable bonds is 8. The van der Waals surface area contributed by atoms with E-state index >= 15 is 0 Å². The normalized spacial score (nSPS) is 35.4. The number of hydrogen-bond acceptors (Lipinski definition) is 5. The first-order valence-corrected chi connectivity index (χ1v) is 27.3. The third kappa shape index (κ3) is 6.61. The number of Topliss-reactive ketones (excluding diaryl/α,β-unsaturated/α-hetero) is 1. The number of fused-ring (bicyclic) bond motifs is 5. The molecule has 0 aromatic rings. The highest BCUT2D eigenvalue weighted by Gasteiger charge is 2.66. The molecule has 1 N–H and O–H groups in total. The fourth-order valence-electron chi connectivity index (χ4n) is 8.45. The minimum atomic E-state index is -2.12. The first kappa shape index (κ1) is 39.4. The third-order valence-corrected chi connectivity index (χ3v) is 28.6. The molecule has 4 rings (SSSR count). The highest BCUT2D eigenvalue weighted by molar-refractivity contribution is 6.75. The van der Waals surface area contributed by atoms with E-state index in [2.05, 4.69) is 128 Å². The SMILES string of the molecule is CC(C)(C)[Si](C)(C)OCC(=O)[C@@]1(O)CC[C@H]2C3=CC=C4C[C@@H](O[Si](C)(C)C(C)(C)C)C[C@H](O[Si](C)(C)C(C)(C)C)[C@]4(C)[C@H]3CC[C@@]21C. The highest BCUT2D eigenvalue weighted by atomic mass is 28.4. The van der Waals surface area contributed by atoms with Gasteiger partial charge in [0.2, 0.25) is 0 Å². The number of allylic oxidation sites excluding steroid dienone is 3. The summed E-state index contributed by atoms with van der Waals surface area (Å²) in [6.07, 6.45) is 10.0. The van der Waals surface area contributed by atoms with Crippen molar-refractivity contribution < 1.29 is 23.2 Å². The van der Waals surface area contributed by atoms with Crippen LogP contribution in [-0.2, 0) is 18.1 Å². The summed E-state index contributed by atoms with van der Waals surface area (Å²) in [5.74, 6) is 0.393. The van der Waals surface area contributed by atoms with Crippen molar-refractivity contribution in [2.45, 2.75) is 187 Å². The van der Waals surface area contributed by atoms with Gasteiger partial charge in [0.1, 0.15) is 5.60 Å². The molecule has 0 unspecified atom stereocenters. The summed E-state index contributed by atoms with van der Waals surface area (Å²) < 4.78 is 21.0. The van der Waals surface area contributed by atoms with E-state index in [9.17, 15) is 9.90 Å². The molecular formula is C39H72O5Si3. The van der Waals surface area contributed by atoms with E-state index in [4.69, 9.17) is 13.3 Å². The Morgan fingerprint density at radius 1 is 0.787 bits per heavy atom. The number of carbonyl (C=O) groups excluding carboxylic acids is 1. The summed E-state index contributed by atoms with van der Waals surface area (Å²) in [4.78, 5) is 14.0. The average Bonchev–Trinajstić information content (AvgIpc) is 3.17. The van der Waals surface area contributed by atoms with Gasteiger partial charge in [-0.05, 0) is 105 Å². The van der Waals surface area contributed by atoms with Crippen LogP contribution in [0.15, 0.2) is 23.3 Å². The molecule has 0 aliphatic heterocycles. The minimum Gasteiger partial charge on any atom is -0.414 e. The van der Waals surface area contributed by atoms with Gasteiger partial charge in [-0.2, -0.15) is 0 Å². The Balaban J connectivity index is 1.69. The van der Waals surface area contributed by atoms with Crippen molar-refractivity contribution in [1.82, 2.24) is 0 Å². The summed E-state index contributed by atoms with van der Waals surface area (Å²) in [6.45, 7) is 39.2. The Morgan fingerprint density at radius 2 is 1.30 bits per heavy atom. The third-order valence-electron chi connectivity index (χ3n) is 15.1. The molecule has 4 aliphatic rings. The van der Waals surface area contributed by atoms with Crippen LogP contribution in [0.2, 0.25) is 54.4 Å². The number of ketones is 1. The summed E-state index contributed by atoms with van der Waals surface area (Å²) in [5.41, 5.74) is 0.920. The van der Waals surface area contributed by atoms with Crippen molar-refractivity contribution in [3.8, 4) is 0 Å². The maximum Gasteiger partial charge on any atom is 0.192 e. The maximum absolute atomic E-state index is 14.0. The standard InChI is InChI=1S/C39H72O5Si3/c1-34(2,3)45(12,13)42-26-32(40)39(41)23-21-30-29-19-18-27-24-28(43-46(14,15)35(4,5)6)25-33(44-47(16,17)36(7,8)9)38(27,11)31(29)20-22-37(30,39)10/h18-19,28,30-31,33,41H,20-26H2,1-17H3/t28-,30+,31+,33+,37+,38+,39+/m1/s1. The molecule has 0 bridgehead atoms. The van der Waals surface area contributed by atoms with Crippen molar-refractivity contribution in [1.29, 1.82) is 0 Å². The molecule has 4 aliphatic carbocycles.